The zero-order valence-electron chi connectivity index (χ0n) is 28.1. The highest BCUT2D eigenvalue weighted by Crippen LogP contribution is 2.37. The first-order valence-corrected chi connectivity index (χ1v) is 17.2. The van der Waals surface area contributed by atoms with Crippen molar-refractivity contribution in [3.05, 3.63) is 30.0 Å². The molecule has 1 saturated heterocycles. The summed E-state index contributed by atoms with van der Waals surface area (Å²) in [4.78, 5) is 44.4. The summed E-state index contributed by atoms with van der Waals surface area (Å²) in [6.45, 7) is 12.2. The number of piperazine rings is 1. The highest BCUT2D eigenvalue weighted by Gasteiger charge is 2.38. The third-order valence-corrected chi connectivity index (χ3v) is 10.2. The quantitative estimate of drug-likeness (QED) is 0.316. The van der Waals surface area contributed by atoms with Crippen molar-refractivity contribution in [3.8, 4) is 5.75 Å². The van der Waals surface area contributed by atoms with Crippen molar-refractivity contribution < 1.29 is 14.3 Å². The van der Waals surface area contributed by atoms with Crippen molar-refractivity contribution in [1.82, 2.24) is 30.6 Å². The summed E-state index contributed by atoms with van der Waals surface area (Å²) in [6.07, 6.45) is 9.64. The number of nitrogens with one attached hydrogen (secondary N) is 3. The van der Waals surface area contributed by atoms with Crippen molar-refractivity contribution in [2.75, 3.05) is 62.0 Å². The van der Waals surface area contributed by atoms with Gasteiger partial charge in [-0.2, -0.15) is 4.98 Å². The Morgan fingerprint density at radius 1 is 1.07 bits per heavy atom. The predicted molar refractivity (Wildman–Crippen MR) is 181 cm³/mol. The van der Waals surface area contributed by atoms with Crippen LogP contribution in [0.4, 0.5) is 23.1 Å². The number of nitrogens with zero attached hydrogens (tertiary/aromatic N) is 6. The molecule has 1 aromatic carbocycles. The van der Waals surface area contributed by atoms with Gasteiger partial charge in [-0.1, -0.05) is 6.92 Å². The molecule has 2 aliphatic carbocycles. The number of aromatic nitrogens is 2. The van der Waals surface area contributed by atoms with Gasteiger partial charge in [-0.3, -0.25) is 19.9 Å². The molecule has 3 fully saturated rings. The maximum atomic E-state index is 13.1. The van der Waals surface area contributed by atoms with Gasteiger partial charge in [-0.05, 0) is 82.9 Å². The summed E-state index contributed by atoms with van der Waals surface area (Å²) in [6, 6.07) is 6.01. The van der Waals surface area contributed by atoms with E-state index < -0.39 is 0 Å². The summed E-state index contributed by atoms with van der Waals surface area (Å²) < 4.78 is 5.65. The molecular formula is C34H51N9O3. The fourth-order valence-corrected chi connectivity index (χ4v) is 7.30. The number of hydrogen-bond donors (Lipinski definition) is 3. The minimum Gasteiger partial charge on any atom is -0.495 e. The third-order valence-electron chi connectivity index (χ3n) is 10.2. The molecule has 2 saturated carbocycles. The van der Waals surface area contributed by atoms with Gasteiger partial charge in [0.25, 0.3) is 5.91 Å². The van der Waals surface area contributed by atoms with E-state index in [2.05, 4.69) is 49.7 Å². The van der Waals surface area contributed by atoms with Crippen LogP contribution in [0.15, 0.2) is 24.4 Å². The van der Waals surface area contributed by atoms with E-state index in [4.69, 9.17) is 9.72 Å². The average Bonchev–Trinajstić information content (AvgIpc) is 3.89. The van der Waals surface area contributed by atoms with Crippen LogP contribution in [0.5, 0.6) is 5.75 Å². The van der Waals surface area contributed by atoms with Crippen LogP contribution in [0, 0.1) is 5.92 Å². The molecular weight excluding hydrogens is 582 g/mol. The van der Waals surface area contributed by atoms with Crippen molar-refractivity contribution in [2.45, 2.75) is 89.9 Å². The SMILES string of the molecule is CC[C@@H]1C(=O)N(C)c2cnc(Nc3ccc(C(=O)NN[C@H]4CC[C@H](N5CCN(CC6CC6)CC5)CC4)cc3OC)nc2N1C(C)C. The smallest absolute Gasteiger partial charge is 0.265 e. The molecule has 2 amide bonds. The third kappa shape index (κ3) is 7.08. The molecule has 0 unspecified atom stereocenters. The standard InChI is InChI=1S/C34H51N9O3/c1-6-28-33(45)40(4)29-20-35-34(37-31(29)43(28)22(2)3)36-27-14-9-24(19-30(27)46-5)32(44)39-38-25-10-12-26(13-11-25)42-17-15-41(16-18-42)21-23-7-8-23/h9,14,19-20,22-23,25-26,28,38H,6-8,10-13,15-18,21H2,1-5H3,(H,39,44)(H,35,36,37)/t25-,26-,28-/m1/s1. The first kappa shape index (κ1) is 32.5. The second-order valence-corrected chi connectivity index (χ2v) is 13.6. The summed E-state index contributed by atoms with van der Waals surface area (Å²) >= 11 is 0. The second kappa shape index (κ2) is 14.1. The topological polar surface area (TPSA) is 118 Å². The number of carbonyl (C=O) groups excluding carboxylic acids is 2. The molecule has 1 atom stereocenters. The Hall–Kier alpha value is -3.48. The molecule has 2 aromatic rings. The largest absolute Gasteiger partial charge is 0.495 e. The van der Waals surface area contributed by atoms with Crippen molar-refractivity contribution in [2.24, 2.45) is 5.92 Å². The number of hydrogen-bond acceptors (Lipinski definition) is 10. The molecule has 46 heavy (non-hydrogen) atoms. The fourth-order valence-electron chi connectivity index (χ4n) is 7.30. The van der Waals surface area contributed by atoms with Gasteiger partial charge in [0.1, 0.15) is 17.5 Å². The minimum absolute atomic E-state index is 0.0404. The van der Waals surface area contributed by atoms with Crippen LogP contribution in [-0.4, -0.2) is 103 Å². The van der Waals surface area contributed by atoms with E-state index in [0.717, 1.165) is 31.6 Å². The monoisotopic (exact) mass is 633 g/mol. The van der Waals surface area contributed by atoms with Crippen LogP contribution in [0.1, 0.15) is 76.1 Å². The Morgan fingerprint density at radius 3 is 2.46 bits per heavy atom. The van der Waals surface area contributed by atoms with E-state index in [1.165, 1.54) is 45.6 Å². The van der Waals surface area contributed by atoms with E-state index in [9.17, 15) is 9.59 Å². The molecule has 4 aliphatic rings. The van der Waals surface area contributed by atoms with Crippen LogP contribution >= 0.6 is 0 Å². The van der Waals surface area contributed by atoms with Crippen molar-refractivity contribution in [3.63, 3.8) is 0 Å². The zero-order valence-corrected chi connectivity index (χ0v) is 28.1. The normalized spacial score (nSPS) is 24.2. The van der Waals surface area contributed by atoms with E-state index in [1.807, 2.05) is 6.92 Å². The summed E-state index contributed by atoms with van der Waals surface area (Å²) in [5.74, 6) is 2.41. The maximum Gasteiger partial charge on any atom is 0.265 e. The second-order valence-electron chi connectivity index (χ2n) is 13.6. The molecule has 0 radical (unpaired) electrons. The number of carbonyl (C=O) groups is 2. The van der Waals surface area contributed by atoms with Gasteiger partial charge >= 0.3 is 0 Å². The molecule has 0 bridgehead atoms. The van der Waals surface area contributed by atoms with Gasteiger partial charge in [0.2, 0.25) is 11.9 Å². The van der Waals surface area contributed by atoms with Gasteiger partial charge in [-0.25, -0.2) is 10.4 Å². The summed E-state index contributed by atoms with van der Waals surface area (Å²) in [5, 5.41) is 3.25. The molecule has 3 N–H and O–H groups in total. The number of benzene rings is 1. The van der Waals surface area contributed by atoms with Crippen LogP contribution in [0.3, 0.4) is 0 Å². The van der Waals surface area contributed by atoms with Gasteiger partial charge in [-0.15, -0.1) is 0 Å². The molecule has 12 heteroatoms. The highest BCUT2D eigenvalue weighted by atomic mass is 16.5. The molecule has 1 aromatic heterocycles. The lowest BCUT2D eigenvalue weighted by Crippen LogP contribution is -2.54. The highest BCUT2D eigenvalue weighted by molar-refractivity contribution is 6.04. The number of methoxy groups -OCH3 is 1. The molecule has 250 valence electrons. The van der Waals surface area contributed by atoms with Gasteiger partial charge in [0, 0.05) is 63.5 Å². The number of anilines is 4. The number of hydrazine groups is 1. The first-order chi connectivity index (χ1) is 22.2. The summed E-state index contributed by atoms with van der Waals surface area (Å²) in [7, 11) is 3.34. The van der Waals surface area contributed by atoms with Crippen LogP contribution < -0.4 is 30.7 Å². The number of rotatable bonds is 11. The maximum absolute atomic E-state index is 13.1. The van der Waals surface area contributed by atoms with Crippen molar-refractivity contribution >= 4 is 35.0 Å². The van der Waals surface area contributed by atoms with E-state index in [1.54, 1.807) is 43.5 Å². The average molecular weight is 634 g/mol. The summed E-state index contributed by atoms with van der Waals surface area (Å²) in [5.41, 5.74) is 8.04. The van der Waals surface area contributed by atoms with Gasteiger partial charge in [0.15, 0.2) is 5.82 Å². The Balaban J connectivity index is 1.02. The van der Waals surface area contributed by atoms with Gasteiger partial charge < -0.3 is 24.8 Å². The van der Waals surface area contributed by atoms with Crippen molar-refractivity contribution in [1.29, 1.82) is 0 Å². The van der Waals surface area contributed by atoms with Crippen LogP contribution in [0.25, 0.3) is 0 Å². The fraction of sp³-hybridized carbons (Fsp3) is 0.647. The van der Waals surface area contributed by atoms with E-state index in [0.29, 0.717) is 46.9 Å². The molecule has 0 spiro atoms. The molecule has 6 rings (SSSR count). The molecule has 12 nitrogen and oxygen atoms in total. The lowest BCUT2D eigenvalue weighted by atomic mass is 9.90. The van der Waals surface area contributed by atoms with E-state index >= 15 is 0 Å². The zero-order chi connectivity index (χ0) is 32.4. The van der Waals surface area contributed by atoms with Gasteiger partial charge in [0.05, 0.1) is 19.0 Å². The lowest BCUT2D eigenvalue weighted by Gasteiger charge is -2.42. The number of likely N-dealkylation sites (N-methyl/N-ethyl adjacent to an activating group) is 1. The predicted octanol–water partition coefficient (Wildman–Crippen LogP) is 3.77. The van der Waals surface area contributed by atoms with E-state index in [-0.39, 0.29) is 29.9 Å². The first-order valence-electron chi connectivity index (χ1n) is 17.2. The number of fused-ring (bicyclic) bond motifs is 1. The van der Waals surface area contributed by atoms with Crippen LogP contribution in [0.2, 0.25) is 0 Å². The number of ether oxygens (including phenoxy) is 1. The Labute approximate surface area is 273 Å². The Kier molecular flexibility index (Phi) is 9.95. The molecule has 2 aliphatic heterocycles. The molecule has 3 heterocycles. The lowest BCUT2D eigenvalue weighted by molar-refractivity contribution is -0.120. The Morgan fingerprint density at radius 2 is 1.80 bits per heavy atom. The number of amides is 2. The van der Waals surface area contributed by atoms with Crippen LogP contribution in [-0.2, 0) is 4.79 Å². The Bertz CT molecular complexity index is 1380. The minimum atomic E-state index is -0.284.